The Bertz CT molecular complexity index is 1370. The van der Waals surface area contributed by atoms with Crippen molar-refractivity contribution < 1.29 is 19.1 Å². The maximum absolute atomic E-state index is 13.5. The number of hydrogen-bond acceptors (Lipinski definition) is 7. The predicted octanol–water partition coefficient (Wildman–Crippen LogP) is 3.44. The molecule has 9 nitrogen and oxygen atoms in total. The van der Waals surface area contributed by atoms with Gasteiger partial charge in [0.15, 0.2) is 0 Å². The Hall–Kier alpha value is -3.85. The Kier molecular flexibility index (Phi) is 7.12. The van der Waals surface area contributed by atoms with Crippen LogP contribution in [0.1, 0.15) is 43.2 Å². The van der Waals surface area contributed by atoms with Crippen LogP contribution in [0, 0.1) is 20.8 Å². The molecular formula is C29H35N5O4. The van der Waals surface area contributed by atoms with E-state index in [2.05, 4.69) is 21.0 Å². The molecular weight excluding hydrogens is 482 g/mol. The predicted molar refractivity (Wildman–Crippen MR) is 145 cm³/mol. The van der Waals surface area contributed by atoms with Crippen molar-refractivity contribution in [3.8, 4) is 11.5 Å². The molecule has 3 heterocycles. The zero-order valence-electron chi connectivity index (χ0n) is 22.8. The van der Waals surface area contributed by atoms with Crippen LogP contribution in [0.3, 0.4) is 0 Å². The third kappa shape index (κ3) is 4.62. The van der Waals surface area contributed by atoms with Crippen molar-refractivity contribution in [3.63, 3.8) is 0 Å². The number of benzene rings is 2. The number of piperazine rings is 1. The molecule has 38 heavy (non-hydrogen) atoms. The molecule has 0 bridgehead atoms. The van der Waals surface area contributed by atoms with Crippen molar-refractivity contribution >= 4 is 17.5 Å². The van der Waals surface area contributed by atoms with Gasteiger partial charge in [0.25, 0.3) is 11.8 Å². The number of carbonyl (C=O) groups excluding carboxylic acids is 2. The molecule has 1 aromatic heterocycles. The molecule has 2 amide bonds. The lowest BCUT2D eigenvalue weighted by Crippen LogP contribution is -2.46. The smallest absolute Gasteiger partial charge is 0.263 e. The highest BCUT2D eigenvalue weighted by molar-refractivity contribution is 6.23. The fraction of sp³-hybridized carbons (Fsp3) is 0.414. The topological polar surface area (TPSA) is 80.1 Å². The van der Waals surface area contributed by atoms with E-state index in [1.54, 1.807) is 20.3 Å². The van der Waals surface area contributed by atoms with Crippen molar-refractivity contribution in [3.05, 3.63) is 70.0 Å². The molecule has 9 heteroatoms. The molecule has 2 aromatic carbocycles. The first-order valence-corrected chi connectivity index (χ1v) is 13.0. The van der Waals surface area contributed by atoms with E-state index >= 15 is 0 Å². The van der Waals surface area contributed by atoms with Gasteiger partial charge in [0, 0.05) is 56.1 Å². The molecule has 1 saturated heterocycles. The van der Waals surface area contributed by atoms with Crippen molar-refractivity contribution in [2.75, 3.05) is 51.8 Å². The molecule has 5 rings (SSSR count). The highest BCUT2D eigenvalue weighted by Crippen LogP contribution is 2.34. The summed E-state index contributed by atoms with van der Waals surface area (Å²) in [6, 6.07) is 11.6. The minimum absolute atomic E-state index is 0.219. The third-order valence-corrected chi connectivity index (χ3v) is 7.58. The number of hydrogen-bond donors (Lipinski definition) is 0. The summed E-state index contributed by atoms with van der Waals surface area (Å²) < 4.78 is 13.0. The fourth-order valence-electron chi connectivity index (χ4n) is 5.63. The second-order valence-electron chi connectivity index (χ2n) is 9.96. The lowest BCUT2D eigenvalue weighted by molar-refractivity contribution is 0.0647. The van der Waals surface area contributed by atoms with E-state index in [4.69, 9.17) is 9.47 Å². The third-order valence-electron chi connectivity index (χ3n) is 7.58. The number of ether oxygens (including phenoxy) is 2. The first-order valence-electron chi connectivity index (χ1n) is 13.0. The van der Waals surface area contributed by atoms with Crippen LogP contribution in [0.15, 0.2) is 36.4 Å². The molecule has 0 atom stereocenters. The minimum Gasteiger partial charge on any atom is -0.496 e. The summed E-state index contributed by atoms with van der Waals surface area (Å²) in [5.41, 5.74) is 5.91. The number of aryl methyl sites for hydroxylation is 2. The molecule has 2 aliphatic rings. The Morgan fingerprint density at radius 2 is 1.66 bits per heavy atom. The molecule has 0 spiro atoms. The van der Waals surface area contributed by atoms with Gasteiger partial charge >= 0.3 is 0 Å². The maximum atomic E-state index is 13.5. The van der Waals surface area contributed by atoms with Crippen LogP contribution in [-0.4, -0.2) is 78.3 Å². The maximum Gasteiger partial charge on any atom is 0.263 e. The van der Waals surface area contributed by atoms with Gasteiger partial charge in [-0.05, 0) is 45.0 Å². The standard InChI is InChI=1S/C29H35N5O4/c1-19-17-20(2)34(30-19)16-15-33-28(35)23-7-6-8-24(26(23)29(33)36)32-13-11-31(12-14-32)18-22-9-10-25(37-4)21(3)27(22)38-5/h6-10,17H,11-16,18H2,1-5H3. The number of anilines is 1. The number of amides is 2. The quantitative estimate of drug-likeness (QED) is 0.424. The second kappa shape index (κ2) is 10.5. The van der Waals surface area contributed by atoms with Gasteiger partial charge < -0.3 is 14.4 Å². The number of imide groups is 1. The normalized spacial score (nSPS) is 15.8. The van der Waals surface area contributed by atoms with E-state index in [0.717, 1.165) is 72.4 Å². The molecule has 1 fully saturated rings. The zero-order valence-corrected chi connectivity index (χ0v) is 22.8. The van der Waals surface area contributed by atoms with Crippen LogP contribution >= 0.6 is 0 Å². The summed E-state index contributed by atoms with van der Waals surface area (Å²) in [5.74, 6) is 1.23. The molecule has 0 N–H and O–H groups in total. The van der Waals surface area contributed by atoms with Gasteiger partial charge in [0.05, 0.1) is 43.3 Å². The Morgan fingerprint density at radius 3 is 2.32 bits per heavy atom. The summed E-state index contributed by atoms with van der Waals surface area (Å²) in [6.07, 6.45) is 0. The lowest BCUT2D eigenvalue weighted by Gasteiger charge is -2.37. The van der Waals surface area contributed by atoms with E-state index in [-0.39, 0.29) is 11.8 Å². The Labute approximate surface area is 223 Å². The summed E-state index contributed by atoms with van der Waals surface area (Å²) in [4.78, 5) is 32.6. The average molecular weight is 518 g/mol. The number of fused-ring (bicyclic) bond motifs is 1. The van der Waals surface area contributed by atoms with Gasteiger partial charge in [0.2, 0.25) is 0 Å². The SMILES string of the molecule is COc1ccc(CN2CCN(c3cccc4c3C(=O)N(CCn3nc(C)cc3C)C4=O)CC2)c(OC)c1C. The number of methoxy groups -OCH3 is 2. The summed E-state index contributed by atoms with van der Waals surface area (Å²) >= 11 is 0. The summed E-state index contributed by atoms with van der Waals surface area (Å²) in [5, 5.41) is 4.46. The van der Waals surface area contributed by atoms with Crippen molar-refractivity contribution in [2.45, 2.75) is 33.9 Å². The van der Waals surface area contributed by atoms with Crippen LogP contribution in [-0.2, 0) is 13.1 Å². The highest BCUT2D eigenvalue weighted by atomic mass is 16.5. The van der Waals surface area contributed by atoms with Gasteiger partial charge in [-0.25, -0.2) is 0 Å². The molecule has 0 aliphatic carbocycles. The number of carbonyl (C=O) groups is 2. The molecule has 3 aromatic rings. The van der Waals surface area contributed by atoms with Crippen molar-refractivity contribution in [1.82, 2.24) is 19.6 Å². The van der Waals surface area contributed by atoms with E-state index in [0.29, 0.717) is 24.2 Å². The molecule has 0 saturated carbocycles. The van der Waals surface area contributed by atoms with Gasteiger partial charge in [-0.15, -0.1) is 0 Å². The van der Waals surface area contributed by atoms with Crippen LogP contribution in [0.25, 0.3) is 0 Å². The van der Waals surface area contributed by atoms with Crippen molar-refractivity contribution in [1.29, 1.82) is 0 Å². The van der Waals surface area contributed by atoms with Gasteiger partial charge in [-0.1, -0.05) is 12.1 Å². The van der Waals surface area contributed by atoms with Gasteiger partial charge in [0.1, 0.15) is 11.5 Å². The summed E-state index contributed by atoms with van der Waals surface area (Å²) in [7, 11) is 3.36. The molecule has 0 unspecified atom stereocenters. The van der Waals surface area contributed by atoms with Crippen LogP contribution in [0.5, 0.6) is 11.5 Å². The van der Waals surface area contributed by atoms with Gasteiger partial charge in [-0.3, -0.25) is 24.1 Å². The van der Waals surface area contributed by atoms with Crippen LogP contribution in [0.4, 0.5) is 5.69 Å². The average Bonchev–Trinajstić information content (AvgIpc) is 3.37. The first-order chi connectivity index (χ1) is 18.3. The van der Waals surface area contributed by atoms with E-state index in [1.807, 2.05) is 49.7 Å². The highest BCUT2D eigenvalue weighted by Gasteiger charge is 2.38. The summed E-state index contributed by atoms with van der Waals surface area (Å²) in [6.45, 7) is 10.7. The Balaban J connectivity index is 1.27. The molecule has 0 radical (unpaired) electrons. The number of aromatic nitrogens is 2. The largest absolute Gasteiger partial charge is 0.496 e. The van der Waals surface area contributed by atoms with Crippen molar-refractivity contribution in [2.24, 2.45) is 0 Å². The molecule has 200 valence electrons. The van der Waals surface area contributed by atoms with E-state index in [9.17, 15) is 9.59 Å². The zero-order chi connectivity index (χ0) is 27.0. The van der Waals surface area contributed by atoms with E-state index < -0.39 is 0 Å². The minimum atomic E-state index is -0.228. The first kappa shape index (κ1) is 25.8. The molecule has 2 aliphatic heterocycles. The monoisotopic (exact) mass is 517 g/mol. The van der Waals surface area contributed by atoms with Crippen LogP contribution < -0.4 is 14.4 Å². The number of rotatable bonds is 8. The lowest BCUT2D eigenvalue weighted by atomic mass is 10.1. The Morgan fingerprint density at radius 1 is 0.895 bits per heavy atom. The second-order valence-corrected chi connectivity index (χ2v) is 9.96. The van der Waals surface area contributed by atoms with Gasteiger partial charge in [-0.2, -0.15) is 5.10 Å². The van der Waals surface area contributed by atoms with E-state index in [1.165, 1.54) is 4.90 Å². The van der Waals surface area contributed by atoms with Crippen LogP contribution in [0.2, 0.25) is 0 Å². The number of nitrogens with zero attached hydrogens (tertiary/aromatic N) is 5. The fourth-order valence-corrected chi connectivity index (χ4v) is 5.63.